The molecule has 106 valence electrons. The molecule has 0 atom stereocenters. The minimum atomic E-state index is -1.68. The van der Waals surface area contributed by atoms with Crippen LogP contribution in [0.5, 0.6) is 5.75 Å². The van der Waals surface area contributed by atoms with E-state index in [1.54, 1.807) is 0 Å². The summed E-state index contributed by atoms with van der Waals surface area (Å²) in [6, 6.07) is 0. The van der Waals surface area contributed by atoms with Crippen LogP contribution < -0.4 is 4.74 Å². The summed E-state index contributed by atoms with van der Waals surface area (Å²) < 4.78 is 58.4. The van der Waals surface area contributed by atoms with Crippen molar-refractivity contribution in [1.29, 1.82) is 0 Å². The third-order valence-corrected chi connectivity index (χ3v) is 2.59. The molecule has 1 aromatic rings. The Kier molecular flexibility index (Phi) is 5.32. The first kappa shape index (κ1) is 15.5. The molecule has 0 heterocycles. The van der Waals surface area contributed by atoms with Gasteiger partial charge in [-0.05, 0) is 12.8 Å². The maximum Gasteiger partial charge on any atom is 0.308 e. The summed E-state index contributed by atoms with van der Waals surface area (Å²) in [6.07, 6.45) is 1.80. The number of hydrogen-bond donors (Lipinski definition) is 0. The lowest BCUT2D eigenvalue weighted by molar-refractivity contribution is -0.132. The molecule has 6 heteroatoms. The second-order valence-electron chi connectivity index (χ2n) is 4.11. The van der Waals surface area contributed by atoms with Gasteiger partial charge in [-0.25, -0.2) is 8.78 Å². The number of benzene rings is 1. The van der Waals surface area contributed by atoms with E-state index in [1.165, 1.54) is 0 Å². The van der Waals surface area contributed by atoms with Crippen LogP contribution in [-0.4, -0.2) is 5.97 Å². The first-order valence-corrected chi connectivity index (χ1v) is 5.93. The van der Waals surface area contributed by atoms with Crippen molar-refractivity contribution < 1.29 is 27.1 Å². The molecule has 0 aliphatic rings. The van der Waals surface area contributed by atoms with Gasteiger partial charge in [-0.3, -0.25) is 4.79 Å². The fourth-order valence-electron chi connectivity index (χ4n) is 1.66. The van der Waals surface area contributed by atoms with Crippen molar-refractivity contribution in [2.24, 2.45) is 0 Å². The molecule has 0 saturated carbocycles. The first-order chi connectivity index (χ1) is 8.90. The van der Waals surface area contributed by atoms with E-state index in [2.05, 4.69) is 4.74 Å². The summed E-state index contributed by atoms with van der Waals surface area (Å²) in [5.41, 5.74) is -0.653. The normalized spacial score (nSPS) is 10.6. The van der Waals surface area contributed by atoms with Gasteiger partial charge in [0, 0.05) is 12.5 Å². The number of ether oxygens (including phenoxy) is 1. The molecule has 0 fully saturated rings. The smallest absolute Gasteiger partial charge is 0.308 e. The zero-order valence-electron chi connectivity index (χ0n) is 10.7. The van der Waals surface area contributed by atoms with Crippen molar-refractivity contribution in [2.45, 2.75) is 39.5 Å². The van der Waals surface area contributed by atoms with Gasteiger partial charge < -0.3 is 4.74 Å². The summed E-state index contributed by atoms with van der Waals surface area (Å²) in [4.78, 5) is 10.6. The standard InChI is InChI=1S/C13H14F4O2/c1-3-4-5-6-8-9(14)11(16)13(19-7(2)18)12(17)10(8)15/h3-6H2,1-2H3. The van der Waals surface area contributed by atoms with E-state index in [9.17, 15) is 22.4 Å². The SMILES string of the molecule is CCCCCc1c(F)c(F)c(OC(C)=O)c(F)c1F. The number of carbonyl (C=O) groups is 1. The highest BCUT2D eigenvalue weighted by molar-refractivity contribution is 5.69. The Morgan fingerprint density at radius 2 is 1.53 bits per heavy atom. The Bertz CT molecular complexity index is 457. The molecule has 0 radical (unpaired) electrons. The molecule has 0 saturated heterocycles. The van der Waals surface area contributed by atoms with Gasteiger partial charge in [-0.2, -0.15) is 8.78 Å². The van der Waals surface area contributed by atoms with Gasteiger partial charge in [0.2, 0.25) is 17.4 Å². The highest BCUT2D eigenvalue weighted by atomic mass is 19.2. The lowest BCUT2D eigenvalue weighted by Gasteiger charge is -2.11. The number of halogens is 4. The summed E-state index contributed by atoms with van der Waals surface area (Å²) in [6.45, 7) is 2.77. The summed E-state index contributed by atoms with van der Waals surface area (Å²) >= 11 is 0. The van der Waals surface area contributed by atoms with E-state index in [0.717, 1.165) is 13.3 Å². The lowest BCUT2D eigenvalue weighted by Crippen LogP contribution is -2.11. The molecule has 0 bridgehead atoms. The molecule has 1 rings (SSSR count). The van der Waals surface area contributed by atoms with Crippen molar-refractivity contribution in [2.75, 3.05) is 0 Å². The molecule has 0 amide bonds. The van der Waals surface area contributed by atoms with Crippen molar-refractivity contribution in [3.05, 3.63) is 28.8 Å². The van der Waals surface area contributed by atoms with Gasteiger partial charge >= 0.3 is 5.97 Å². The first-order valence-electron chi connectivity index (χ1n) is 5.93. The Morgan fingerprint density at radius 3 is 1.95 bits per heavy atom. The van der Waals surface area contributed by atoms with Gasteiger partial charge in [-0.1, -0.05) is 19.8 Å². The lowest BCUT2D eigenvalue weighted by atomic mass is 10.0. The van der Waals surface area contributed by atoms with Gasteiger partial charge in [0.25, 0.3) is 0 Å². The molecule has 0 aliphatic heterocycles. The van der Waals surface area contributed by atoms with Gasteiger partial charge in [0.1, 0.15) is 0 Å². The quantitative estimate of drug-likeness (QED) is 0.268. The molecule has 0 spiro atoms. The fraction of sp³-hybridized carbons (Fsp3) is 0.462. The second kappa shape index (κ2) is 6.54. The van der Waals surface area contributed by atoms with E-state index in [0.29, 0.717) is 12.8 Å². The molecule has 0 aliphatic carbocycles. The number of carbonyl (C=O) groups excluding carboxylic acids is 1. The molecule has 0 unspecified atom stereocenters. The number of rotatable bonds is 5. The van der Waals surface area contributed by atoms with Gasteiger partial charge in [0.15, 0.2) is 11.6 Å². The van der Waals surface area contributed by atoms with Gasteiger partial charge in [-0.15, -0.1) is 0 Å². The van der Waals surface area contributed by atoms with Crippen molar-refractivity contribution in [3.8, 4) is 5.75 Å². The highest BCUT2D eigenvalue weighted by Crippen LogP contribution is 2.31. The van der Waals surface area contributed by atoms with Crippen LogP contribution in [0.4, 0.5) is 17.6 Å². The van der Waals surface area contributed by atoms with E-state index >= 15 is 0 Å². The Balaban J connectivity index is 3.18. The molecular weight excluding hydrogens is 264 g/mol. The van der Waals surface area contributed by atoms with E-state index in [-0.39, 0.29) is 6.42 Å². The number of unbranched alkanes of at least 4 members (excludes halogenated alkanes) is 2. The van der Waals surface area contributed by atoms with E-state index in [1.807, 2.05) is 6.92 Å². The highest BCUT2D eigenvalue weighted by Gasteiger charge is 2.27. The zero-order valence-corrected chi connectivity index (χ0v) is 10.7. The Morgan fingerprint density at radius 1 is 1.00 bits per heavy atom. The minimum absolute atomic E-state index is 0.111. The predicted molar refractivity (Wildman–Crippen MR) is 60.8 cm³/mol. The molecule has 0 aromatic heterocycles. The zero-order chi connectivity index (χ0) is 14.6. The van der Waals surface area contributed by atoms with Crippen LogP contribution in [0, 0.1) is 23.3 Å². The Labute approximate surface area is 108 Å². The third kappa shape index (κ3) is 3.45. The minimum Gasteiger partial charge on any atom is -0.420 e. The summed E-state index contributed by atoms with van der Waals surface area (Å²) in [5, 5.41) is 0. The maximum absolute atomic E-state index is 13.6. The van der Waals surface area contributed by atoms with Crippen molar-refractivity contribution in [1.82, 2.24) is 0 Å². The largest absolute Gasteiger partial charge is 0.420 e. The topological polar surface area (TPSA) is 26.3 Å². The third-order valence-electron chi connectivity index (χ3n) is 2.59. The van der Waals surface area contributed by atoms with Crippen LogP contribution in [0.1, 0.15) is 38.7 Å². The number of hydrogen-bond acceptors (Lipinski definition) is 2. The monoisotopic (exact) mass is 278 g/mol. The van der Waals surface area contributed by atoms with Crippen LogP contribution in [0.3, 0.4) is 0 Å². The van der Waals surface area contributed by atoms with Crippen LogP contribution in [0.2, 0.25) is 0 Å². The summed E-state index contributed by atoms with van der Waals surface area (Å²) in [5.74, 6) is -8.77. The molecule has 0 N–H and O–H groups in total. The average Bonchev–Trinajstić information content (AvgIpc) is 2.36. The average molecular weight is 278 g/mol. The molecule has 1 aromatic carbocycles. The van der Waals surface area contributed by atoms with Crippen LogP contribution in [0.15, 0.2) is 0 Å². The Hall–Kier alpha value is -1.59. The fourth-order valence-corrected chi connectivity index (χ4v) is 1.66. The van der Waals surface area contributed by atoms with Crippen LogP contribution in [-0.2, 0) is 11.2 Å². The van der Waals surface area contributed by atoms with Crippen LogP contribution in [0.25, 0.3) is 0 Å². The van der Waals surface area contributed by atoms with E-state index in [4.69, 9.17) is 0 Å². The van der Waals surface area contributed by atoms with Gasteiger partial charge in [0.05, 0.1) is 0 Å². The molecule has 2 nitrogen and oxygen atoms in total. The molecule has 19 heavy (non-hydrogen) atoms. The predicted octanol–water partition coefficient (Wildman–Crippen LogP) is 3.90. The van der Waals surface area contributed by atoms with E-state index < -0.39 is 40.6 Å². The van der Waals surface area contributed by atoms with Crippen LogP contribution >= 0.6 is 0 Å². The summed E-state index contributed by atoms with van der Waals surface area (Å²) in [7, 11) is 0. The van der Waals surface area contributed by atoms with Crippen molar-refractivity contribution in [3.63, 3.8) is 0 Å². The maximum atomic E-state index is 13.6. The second-order valence-corrected chi connectivity index (χ2v) is 4.11. The number of esters is 1. The van der Waals surface area contributed by atoms with Crippen molar-refractivity contribution >= 4 is 5.97 Å². The molecular formula is C13H14F4O2.